The van der Waals surface area contributed by atoms with Gasteiger partial charge in [-0.2, -0.15) is 0 Å². The van der Waals surface area contributed by atoms with Crippen LogP contribution in [-0.4, -0.2) is 21.0 Å². The lowest BCUT2D eigenvalue weighted by Gasteiger charge is -2.04. The highest BCUT2D eigenvalue weighted by Gasteiger charge is 2.08. The molecule has 4 nitrogen and oxygen atoms in total. The molecule has 0 saturated carbocycles. The summed E-state index contributed by atoms with van der Waals surface area (Å²) in [5, 5.41) is 8.99. The first-order valence-corrected chi connectivity index (χ1v) is 4.23. The highest BCUT2D eigenvalue weighted by molar-refractivity contribution is 7.79. The summed E-state index contributed by atoms with van der Waals surface area (Å²) in [4.78, 5) is 0.148. The molecule has 0 heterocycles. The van der Waals surface area contributed by atoms with Crippen LogP contribution < -0.4 is 4.74 Å². The van der Waals surface area contributed by atoms with Gasteiger partial charge < -0.3 is 14.4 Å². The zero-order chi connectivity index (χ0) is 9.14. The average Bonchev–Trinajstić information content (AvgIpc) is 2.03. The fourth-order valence-electron chi connectivity index (χ4n) is 0.801. The summed E-state index contributed by atoms with van der Waals surface area (Å²) in [6, 6.07) is 3.94. The number of rotatable bonds is 2. The highest BCUT2D eigenvalue weighted by Crippen LogP contribution is 2.25. The van der Waals surface area contributed by atoms with E-state index in [0.717, 1.165) is 0 Å². The van der Waals surface area contributed by atoms with Crippen LogP contribution >= 0.6 is 0 Å². The van der Waals surface area contributed by atoms with Gasteiger partial charge >= 0.3 is 0 Å². The summed E-state index contributed by atoms with van der Waals surface area (Å²) in [5.41, 5.74) is 0. The van der Waals surface area contributed by atoms with Crippen molar-refractivity contribution < 1.29 is 18.6 Å². The second-order valence-electron chi connectivity index (χ2n) is 2.08. The van der Waals surface area contributed by atoms with Crippen LogP contribution in [0.1, 0.15) is 0 Å². The third-order valence-corrected chi connectivity index (χ3v) is 2.05. The Morgan fingerprint density at radius 2 is 2.17 bits per heavy atom. The number of aromatic hydroxyl groups is 1. The number of ether oxygens (including phenoxy) is 1. The van der Waals surface area contributed by atoms with E-state index in [1.165, 1.54) is 25.3 Å². The first-order valence-electron chi connectivity index (χ1n) is 3.13. The van der Waals surface area contributed by atoms with E-state index in [1.807, 2.05) is 0 Å². The summed E-state index contributed by atoms with van der Waals surface area (Å²) < 4.78 is 24.2. The van der Waals surface area contributed by atoms with Crippen molar-refractivity contribution in [2.45, 2.75) is 4.90 Å². The Kier molecular flexibility index (Phi) is 2.67. The van der Waals surface area contributed by atoms with Gasteiger partial charge in [-0.05, 0) is 12.1 Å². The summed E-state index contributed by atoms with van der Waals surface area (Å²) in [6.45, 7) is 0. The van der Waals surface area contributed by atoms with Crippen LogP contribution in [-0.2, 0) is 11.1 Å². The predicted octanol–water partition coefficient (Wildman–Crippen LogP) is 0.981. The third-order valence-electron chi connectivity index (χ3n) is 1.34. The molecule has 5 heteroatoms. The van der Waals surface area contributed by atoms with Gasteiger partial charge in [0, 0.05) is 6.07 Å². The lowest BCUT2D eigenvalue weighted by molar-refractivity contribution is 0.395. The molecular weight excluding hydrogens is 180 g/mol. The van der Waals surface area contributed by atoms with Crippen molar-refractivity contribution in [1.29, 1.82) is 0 Å². The van der Waals surface area contributed by atoms with E-state index >= 15 is 0 Å². The lowest BCUT2D eigenvalue weighted by Crippen LogP contribution is -1.93. The molecule has 2 N–H and O–H groups in total. The zero-order valence-corrected chi connectivity index (χ0v) is 7.17. The largest absolute Gasteiger partial charge is 0.508 e. The summed E-state index contributed by atoms with van der Waals surface area (Å²) in [7, 11) is 1.37. The Bertz CT molecular complexity index is 310. The Hall–Kier alpha value is -1.07. The fraction of sp³-hybridized carbons (Fsp3) is 0.143. The molecule has 1 unspecified atom stereocenters. The van der Waals surface area contributed by atoms with Crippen molar-refractivity contribution in [3.8, 4) is 11.5 Å². The third kappa shape index (κ3) is 1.75. The molecule has 0 spiro atoms. The van der Waals surface area contributed by atoms with Gasteiger partial charge in [-0.1, -0.05) is 0 Å². The van der Waals surface area contributed by atoms with Gasteiger partial charge in [0.1, 0.15) is 16.4 Å². The van der Waals surface area contributed by atoms with E-state index in [2.05, 4.69) is 0 Å². The van der Waals surface area contributed by atoms with Crippen LogP contribution in [0.4, 0.5) is 0 Å². The molecule has 1 aromatic rings. The van der Waals surface area contributed by atoms with Crippen molar-refractivity contribution >= 4 is 11.1 Å². The minimum Gasteiger partial charge on any atom is -0.508 e. The minimum atomic E-state index is -2.08. The quantitative estimate of drug-likeness (QED) is 0.679. The van der Waals surface area contributed by atoms with Gasteiger partial charge in [0.05, 0.1) is 7.11 Å². The molecule has 0 aliphatic heterocycles. The highest BCUT2D eigenvalue weighted by atomic mass is 32.2. The van der Waals surface area contributed by atoms with Gasteiger partial charge in [-0.25, -0.2) is 4.21 Å². The van der Waals surface area contributed by atoms with Crippen LogP contribution in [0.3, 0.4) is 0 Å². The first-order chi connectivity index (χ1) is 5.65. The molecular formula is C7H8O4S. The summed E-state index contributed by atoms with van der Waals surface area (Å²) in [6.07, 6.45) is 0. The molecule has 0 saturated heterocycles. The van der Waals surface area contributed by atoms with Crippen molar-refractivity contribution in [1.82, 2.24) is 0 Å². The minimum absolute atomic E-state index is 0.000972. The van der Waals surface area contributed by atoms with E-state index in [-0.39, 0.29) is 16.4 Å². The van der Waals surface area contributed by atoms with Crippen LogP contribution in [0, 0.1) is 0 Å². The zero-order valence-electron chi connectivity index (χ0n) is 6.35. The van der Waals surface area contributed by atoms with Gasteiger partial charge in [0.25, 0.3) is 0 Å². The first kappa shape index (κ1) is 9.02. The molecule has 1 aromatic carbocycles. The molecule has 0 aromatic heterocycles. The monoisotopic (exact) mass is 188 g/mol. The number of phenolic OH excluding ortho intramolecular Hbond substituents is 1. The molecule has 0 amide bonds. The van der Waals surface area contributed by atoms with Gasteiger partial charge in [0.2, 0.25) is 0 Å². The maximum atomic E-state index is 10.6. The number of phenols is 1. The van der Waals surface area contributed by atoms with Crippen LogP contribution in [0.5, 0.6) is 11.5 Å². The Balaban J connectivity index is 3.20. The second kappa shape index (κ2) is 3.55. The number of hydrogen-bond acceptors (Lipinski definition) is 3. The molecule has 0 radical (unpaired) electrons. The van der Waals surface area contributed by atoms with E-state index in [4.69, 9.17) is 14.4 Å². The fourth-order valence-corrected chi connectivity index (χ4v) is 1.30. The smallest absolute Gasteiger partial charge is 0.190 e. The molecule has 66 valence electrons. The molecule has 1 rings (SSSR count). The summed E-state index contributed by atoms with van der Waals surface area (Å²) in [5.74, 6) is 0.205. The Labute approximate surface area is 72.1 Å². The number of hydrogen-bond donors (Lipinski definition) is 2. The lowest BCUT2D eigenvalue weighted by atomic mass is 10.3. The van der Waals surface area contributed by atoms with E-state index in [0.29, 0.717) is 0 Å². The second-order valence-corrected chi connectivity index (χ2v) is 3.02. The van der Waals surface area contributed by atoms with Crippen LogP contribution in [0.2, 0.25) is 0 Å². The number of benzene rings is 1. The Morgan fingerprint density at radius 1 is 1.50 bits per heavy atom. The van der Waals surface area contributed by atoms with E-state index < -0.39 is 11.1 Å². The predicted molar refractivity (Wildman–Crippen MR) is 43.7 cm³/mol. The van der Waals surface area contributed by atoms with Crippen molar-refractivity contribution in [2.24, 2.45) is 0 Å². The normalized spacial score (nSPS) is 12.5. The number of methoxy groups -OCH3 is 1. The maximum Gasteiger partial charge on any atom is 0.190 e. The van der Waals surface area contributed by atoms with Crippen LogP contribution in [0.25, 0.3) is 0 Å². The topological polar surface area (TPSA) is 66.8 Å². The van der Waals surface area contributed by atoms with Crippen molar-refractivity contribution in [3.05, 3.63) is 18.2 Å². The van der Waals surface area contributed by atoms with Gasteiger partial charge in [0.15, 0.2) is 11.1 Å². The summed E-state index contributed by atoms with van der Waals surface area (Å²) >= 11 is -2.08. The van der Waals surface area contributed by atoms with Crippen LogP contribution in [0.15, 0.2) is 23.1 Å². The molecule has 0 fully saturated rings. The van der Waals surface area contributed by atoms with Crippen molar-refractivity contribution in [2.75, 3.05) is 7.11 Å². The molecule has 12 heavy (non-hydrogen) atoms. The van der Waals surface area contributed by atoms with Gasteiger partial charge in [-0.15, -0.1) is 0 Å². The molecule has 1 atom stereocenters. The average molecular weight is 188 g/mol. The molecule has 0 aliphatic carbocycles. The van der Waals surface area contributed by atoms with E-state index in [9.17, 15) is 4.21 Å². The molecule has 0 bridgehead atoms. The maximum absolute atomic E-state index is 10.6. The standard InChI is InChI=1S/C7H8O4S/c1-11-6-4-5(8)2-3-7(6)12(9)10/h2-4,8H,1H3,(H,9,10). The Morgan fingerprint density at radius 3 is 2.67 bits per heavy atom. The SMILES string of the molecule is COc1cc(O)ccc1S(=O)O. The van der Waals surface area contributed by atoms with Gasteiger partial charge in [-0.3, -0.25) is 0 Å². The van der Waals surface area contributed by atoms with E-state index in [1.54, 1.807) is 0 Å². The molecule has 0 aliphatic rings. The van der Waals surface area contributed by atoms with Crippen molar-refractivity contribution in [3.63, 3.8) is 0 Å².